The molecule has 3 aromatic rings. The molecule has 2 aromatic carbocycles. The second-order valence-electron chi connectivity index (χ2n) is 10.3. The van der Waals surface area contributed by atoms with Crippen molar-refractivity contribution in [3.63, 3.8) is 0 Å². The van der Waals surface area contributed by atoms with Crippen LogP contribution >= 0.6 is 0 Å². The molecule has 0 bridgehead atoms. The molecule has 3 N–H and O–H groups in total. The highest BCUT2D eigenvalue weighted by Gasteiger charge is 2.35. The van der Waals surface area contributed by atoms with Crippen molar-refractivity contribution in [2.75, 3.05) is 43.4 Å². The van der Waals surface area contributed by atoms with Crippen molar-refractivity contribution in [3.05, 3.63) is 97.6 Å². The molecule has 0 aliphatic carbocycles. The number of anilines is 1. The first-order valence-corrected chi connectivity index (χ1v) is 15.3. The Morgan fingerprint density at radius 1 is 1.02 bits per heavy atom. The number of nitrogens with one attached hydrogen (secondary N) is 2. The summed E-state index contributed by atoms with van der Waals surface area (Å²) in [5, 5.41) is 6.28. The van der Waals surface area contributed by atoms with Crippen LogP contribution in [0, 0.1) is 12.7 Å². The Morgan fingerprint density at radius 2 is 1.70 bits per heavy atom. The lowest BCUT2D eigenvalue weighted by Gasteiger charge is -2.32. The maximum absolute atomic E-state index is 14.9. The van der Waals surface area contributed by atoms with Crippen molar-refractivity contribution in [2.24, 2.45) is 0 Å². The van der Waals surface area contributed by atoms with Gasteiger partial charge < -0.3 is 15.5 Å². The first-order valence-electron chi connectivity index (χ1n) is 13.7. The third-order valence-electron chi connectivity index (χ3n) is 7.37. The number of rotatable bonds is 11. The van der Waals surface area contributed by atoms with Crippen molar-refractivity contribution in [1.29, 1.82) is 0 Å². The second-order valence-corrected chi connectivity index (χ2v) is 11.8. The van der Waals surface area contributed by atoms with Gasteiger partial charge in [-0.25, -0.2) is 9.18 Å². The summed E-state index contributed by atoms with van der Waals surface area (Å²) in [5.74, 6) is -1.64. The lowest BCUT2D eigenvalue weighted by molar-refractivity contribution is -0.138. The molecule has 15 heteroatoms. The number of nitrogens with zero attached hydrogens (tertiary/aromatic N) is 3. The molecule has 4 rings (SSSR count). The van der Waals surface area contributed by atoms with E-state index in [4.69, 9.17) is 4.55 Å². The van der Waals surface area contributed by atoms with Gasteiger partial charge in [0.1, 0.15) is 11.5 Å². The fourth-order valence-electron chi connectivity index (χ4n) is 5.22. The average molecular weight is 628 g/mol. The van der Waals surface area contributed by atoms with Gasteiger partial charge >= 0.3 is 11.9 Å². The average Bonchev–Trinajstić information content (AvgIpc) is 2.95. The lowest BCUT2D eigenvalue weighted by Crippen LogP contribution is -2.51. The van der Waals surface area contributed by atoms with E-state index >= 15 is 0 Å². The van der Waals surface area contributed by atoms with Gasteiger partial charge in [0.15, 0.2) is 0 Å². The van der Waals surface area contributed by atoms with Crippen LogP contribution in [0.15, 0.2) is 58.1 Å². The summed E-state index contributed by atoms with van der Waals surface area (Å²) in [5.41, 5.74) is -2.61. The summed E-state index contributed by atoms with van der Waals surface area (Å²) < 4.78 is 89.7. The second kappa shape index (κ2) is 13.4. The Balaban J connectivity index is 1.83. The zero-order chi connectivity index (χ0) is 31.4. The van der Waals surface area contributed by atoms with Crippen LogP contribution in [0.5, 0.6) is 0 Å². The Kier molecular flexibility index (Phi) is 10.1. The molecule has 0 radical (unpaired) electrons. The molecule has 0 unspecified atom stereocenters. The summed E-state index contributed by atoms with van der Waals surface area (Å²) in [6.45, 7) is 2.41. The van der Waals surface area contributed by atoms with Gasteiger partial charge in [-0.05, 0) is 37.6 Å². The Bertz CT molecular complexity index is 1650. The molecule has 1 aliphatic heterocycles. The largest absolute Gasteiger partial charge is 0.416 e. The molecule has 0 spiro atoms. The number of hydrogen-bond donors (Lipinski definition) is 3. The predicted octanol–water partition coefficient (Wildman–Crippen LogP) is 2.54. The van der Waals surface area contributed by atoms with Gasteiger partial charge in [0, 0.05) is 37.4 Å². The summed E-state index contributed by atoms with van der Waals surface area (Å²) in [7, 11) is -4.20. The lowest BCUT2D eigenvalue weighted by atomic mass is 10.1. The van der Waals surface area contributed by atoms with Gasteiger partial charge in [-0.2, -0.15) is 21.6 Å². The van der Waals surface area contributed by atoms with Crippen molar-refractivity contribution < 1.29 is 30.5 Å². The molecule has 1 atom stereocenters. The molecule has 2 heterocycles. The van der Waals surface area contributed by atoms with Crippen molar-refractivity contribution >= 4 is 15.8 Å². The third-order valence-corrected chi connectivity index (χ3v) is 8.17. The summed E-state index contributed by atoms with van der Waals surface area (Å²) in [4.78, 5) is 29.6. The van der Waals surface area contributed by atoms with Crippen LogP contribution in [-0.4, -0.2) is 60.6 Å². The molecule has 43 heavy (non-hydrogen) atoms. The molecular formula is C28H33F4N5O5S. The summed E-state index contributed by atoms with van der Waals surface area (Å²) >= 11 is 0. The van der Waals surface area contributed by atoms with Gasteiger partial charge in [-0.15, -0.1) is 0 Å². The SMILES string of the molecule is Cc1c(N2CCNCC2)c(=O)n(C[C@H](NCCCS(=O)(=O)O)c2ccccc2)c(=O)n1Cc1c(F)cccc1C(F)(F)F. The number of benzene rings is 2. The highest BCUT2D eigenvalue weighted by Crippen LogP contribution is 2.33. The molecule has 1 aliphatic rings. The molecule has 0 amide bonds. The minimum absolute atomic E-state index is 0.0364. The summed E-state index contributed by atoms with van der Waals surface area (Å²) in [6, 6.07) is 10.6. The van der Waals surface area contributed by atoms with Gasteiger partial charge in [-0.1, -0.05) is 36.4 Å². The fraction of sp³-hybridized carbons (Fsp3) is 0.429. The Morgan fingerprint density at radius 3 is 2.33 bits per heavy atom. The van der Waals surface area contributed by atoms with E-state index in [1.807, 2.05) is 0 Å². The maximum Gasteiger partial charge on any atom is 0.416 e. The van der Waals surface area contributed by atoms with Crippen LogP contribution in [0.25, 0.3) is 0 Å². The maximum atomic E-state index is 14.9. The normalized spacial score (nSPS) is 15.1. The highest BCUT2D eigenvalue weighted by atomic mass is 32.2. The van der Waals surface area contributed by atoms with E-state index in [9.17, 15) is 35.6 Å². The topological polar surface area (TPSA) is 126 Å². The predicted molar refractivity (Wildman–Crippen MR) is 154 cm³/mol. The quantitative estimate of drug-likeness (QED) is 0.168. The minimum Gasteiger partial charge on any atom is -0.363 e. The van der Waals surface area contributed by atoms with Crippen LogP contribution < -0.4 is 26.8 Å². The molecule has 10 nitrogen and oxygen atoms in total. The molecule has 1 fully saturated rings. The molecule has 1 aromatic heterocycles. The number of hydrogen-bond acceptors (Lipinski definition) is 7. The van der Waals surface area contributed by atoms with Crippen LogP contribution in [0.1, 0.15) is 34.8 Å². The molecular weight excluding hydrogens is 594 g/mol. The van der Waals surface area contributed by atoms with E-state index in [1.165, 1.54) is 6.92 Å². The van der Waals surface area contributed by atoms with Gasteiger partial charge in [-0.3, -0.25) is 18.5 Å². The monoisotopic (exact) mass is 627 g/mol. The zero-order valence-corrected chi connectivity index (χ0v) is 24.2. The van der Waals surface area contributed by atoms with Crippen molar-refractivity contribution in [3.8, 4) is 0 Å². The first-order chi connectivity index (χ1) is 20.3. The van der Waals surface area contributed by atoms with E-state index in [0.717, 1.165) is 27.3 Å². The number of aromatic nitrogens is 2. The van der Waals surface area contributed by atoms with E-state index in [2.05, 4.69) is 10.6 Å². The molecule has 234 valence electrons. The van der Waals surface area contributed by atoms with E-state index < -0.39 is 62.8 Å². The minimum atomic E-state index is -4.88. The number of halogens is 4. The van der Waals surface area contributed by atoms with Crippen LogP contribution in [0.4, 0.5) is 23.2 Å². The van der Waals surface area contributed by atoms with Crippen LogP contribution in [0.2, 0.25) is 0 Å². The van der Waals surface area contributed by atoms with Gasteiger partial charge in [0.2, 0.25) is 0 Å². The fourth-order valence-corrected chi connectivity index (χ4v) is 5.72. The number of piperazine rings is 1. The molecule has 0 saturated carbocycles. The standard InChI is InChI=1S/C28H33F4N5O5S/c1-19-25(35-14-12-33-13-15-35)26(38)37(18-24(20-7-3-2-4-8-20)34-11-6-16-43(40,41)42)27(39)36(19)17-21-22(28(30,31)32)9-5-10-23(21)29/h2-5,7-10,24,33-34H,6,11-18H2,1H3,(H,40,41,42)/t24-/m0/s1. The van der Waals surface area contributed by atoms with E-state index in [1.54, 1.807) is 35.2 Å². The highest BCUT2D eigenvalue weighted by molar-refractivity contribution is 7.85. The summed E-state index contributed by atoms with van der Waals surface area (Å²) in [6.07, 6.45) is -4.84. The van der Waals surface area contributed by atoms with Crippen LogP contribution in [-0.2, 0) is 29.4 Å². The number of alkyl halides is 3. The van der Waals surface area contributed by atoms with Gasteiger partial charge in [0.05, 0.1) is 30.4 Å². The van der Waals surface area contributed by atoms with Crippen LogP contribution in [0.3, 0.4) is 0 Å². The molecule has 1 saturated heterocycles. The smallest absolute Gasteiger partial charge is 0.363 e. The first kappa shape index (κ1) is 32.4. The zero-order valence-electron chi connectivity index (χ0n) is 23.4. The van der Waals surface area contributed by atoms with E-state index in [0.29, 0.717) is 31.7 Å². The Hall–Kier alpha value is -3.53. The third kappa shape index (κ3) is 7.90. The van der Waals surface area contributed by atoms with Gasteiger partial charge in [0.25, 0.3) is 15.7 Å². The van der Waals surface area contributed by atoms with Crippen molar-refractivity contribution in [1.82, 2.24) is 19.8 Å². The van der Waals surface area contributed by atoms with Crippen molar-refractivity contribution in [2.45, 2.75) is 38.7 Å². The van der Waals surface area contributed by atoms with E-state index in [-0.39, 0.29) is 30.9 Å². The Labute approximate surface area is 245 Å².